The van der Waals surface area contributed by atoms with Gasteiger partial charge in [-0.25, -0.2) is 0 Å². The number of rotatable bonds is 5. The molecule has 1 fully saturated rings. The first-order valence-corrected chi connectivity index (χ1v) is 7.37. The van der Waals surface area contributed by atoms with Crippen LogP contribution in [0.1, 0.15) is 58.8 Å². The summed E-state index contributed by atoms with van der Waals surface area (Å²) in [5, 5.41) is 0. The van der Waals surface area contributed by atoms with Crippen LogP contribution in [0.3, 0.4) is 0 Å². The van der Waals surface area contributed by atoms with E-state index in [1.54, 1.807) is 0 Å². The lowest BCUT2D eigenvalue weighted by Crippen LogP contribution is -2.23. The molecule has 1 aliphatic rings. The van der Waals surface area contributed by atoms with Crippen LogP contribution in [0.5, 0.6) is 0 Å². The minimum atomic E-state index is 0.472. The van der Waals surface area contributed by atoms with E-state index in [4.69, 9.17) is 4.74 Å². The molecule has 0 N–H and O–H groups in total. The van der Waals surface area contributed by atoms with Crippen molar-refractivity contribution in [3.8, 4) is 0 Å². The second-order valence-electron chi connectivity index (χ2n) is 5.10. The average molecular weight is 277 g/mol. The number of hydrogen-bond donors (Lipinski definition) is 0. The molecule has 0 aromatic heterocycles. The Kier molecular flexibility index (Phi) is 6.91. The van der Waals surface area contributed by atoms with Crippen molar-refractivity contribution in [1.82, 2.24) is 0 Å². The Morgan fingerprint density at radius 2 is 1.93 bits per heavy atom. The quantitative estimate of drug-likeness (QED) is 0.407. The molecule has 0 radical (unpaired) electrons. The van der Waals surface area contributed by atoms with Gasteiger partial charge < -0.3 is 4.74 Å². The fraction of sp³-hybridized carbons (Fsp3) is 1.00. The standard InChI is InChI=1S/C13H25BrO/c1-11(2)7-6-10-15-13-9-5-3-4-8-12(13)14/h11-13H,3-10H2,1-2H3. The molecular weight excluding hydrogens is 252 g/mol. The third-order valence-corrected chi connectivity index (χ3v) is 4.18. The average Bonchev–Trinajstić information content (AvgIpc) is 2.38. The molecule has 1 saturated carbocycles. The van der Waals surface area contributed by atoms with Gasteiger partial charge in [0, 0.05) is 11.4 Å². The molecule has 0 bridgehead atoms. The van der Waals surface area contributed by atoms with Crippen LogP contribution in [0.25, 0.3) is 0 Å². The van der Waals surface area contributed by atoms with Gasteiger partial charge in [0.05, 0.1) is 6.10 Å². The summed E-state index contributed by atoms with van der Waals surface area (Å²) in [6.45, 7) is 5.50. The van der Waals surface area contributed by atoms with E-state index in [9.17, 15) is 0 Å². The molecule has 2 unspecified atom stereocenters. The van der Waals surface area contributed by atoms with Crippen LogP contribution >= 0.6 is 15.9 Å². The van der Waals surface area contributed by atoms with E-state index in [0.717, 1.165) is 12.5 Å². The highest BCUT2D eigenvalue weighted by molar-refractivity contribution is 9.09. The van der Waals surface area contributed by atoms with E-state index in [1.165, 1.54) is 44.9 Å². The maximum Gasteiger partial charge on any atom is 0.0700 e. The van der Waals surface area contributed by atoms with Crippen LogP contribution in [0.2, 0.25) is 0 Å². The predicted molar refractivity (Wildman–Crippen MR) is 69.6 cm³/mol. The molecule has 0 aromatic rings. The van der Waals surface area contributed by atoms with Crippen LogP contribution in [-0.4, -0.2) is 17.5 Å². The molecule has 0 amide bonds. The zero-order valence-corrected chi connectivity index (χ0v) is 11.8. The minimum absolute atomic E-state index is 0.472. The van der Waals surface area contributed by atoms with Crippen molar-refractivity contribution in [3.63, 3.8) is 0 Å². The maximum atomic E-state index is 5.98. The molecule has 0 spiro atoms. The zero-order valence-electron chi connectivity index (χ0n) is 10.2. The lowest BCUT2D eigenvalue weighted by molar-refractivity contribution is 0.0448. The number of ether oxygens (including phenoxy) is 1. The van der Waals surface area contributed by atoms with Crippen LogP contribution in [0.4, 0.5) is 0 Å². The molecular formula is C13H25BrO. The van der Waals surface area contributed by atoms with Gasteiger partial charge in [0.25, 0.3) is 0 Å². The van der Waals surface area contributed by atoms with Crippen LogP contribution < -0.4 is 0 Å². The molecule has 90 valence electrons. The van der Waals surface area contributed by atoms with Gasteiger partial charge in [-0.3, -0.25) is 0 Å². The van der Waals surface area contributed by atoms with Gasteiger partial charge in [0.2, 0.25) is 0 Å². The smallest absolute Gasteiger partial charge is 0.0700 e. The minimum Gasteiger partial charge on any atom is -0.377 e. The van der Waals surface area contributed by atoms with Gasteiger partial charge >= 0.3 is 0 Å². The van der Waals surface area contributed by atoms with Gasteiger partial charge in [-0.2, -0.15) is 0 Å². The first-order chi connectivity index (χ1) is 7.20. The highest BCUT2D eigenvalue weighted by Gasteiger charge is 2.21. The van der Waals surface area contributed by atoms with E-state index in [2.05, 4.69) is 29.8 Å². The lowest BCUT2D eigenvalue weighted by Gasteiger charge is -2.20. The van der Waals surface area contributed by atoms with Crippen molar-refractivity contribution < 1.29 is 4.74 Å². The summed E-state index contributed by atoms with van der Waals surface area (Å²) in [5.74, 6) is 0.808. The van der Waals surface area contributed by atoms with E-state index in [1.807, 2.05) is 0 Å². The summed E-state index contributed by atoms with van der Waals surface area (Å²) in [6.07, 6.45) is 9.60. The first-order valence-electron chi connectivity index (χ1n) is 6.46. The summed E-state index contributed by atoms with van der Waals surface area (Å²) in [7, 11) is 0. The van der Waals surface area contributed by atoms with Gasteiger partial charge in [-0.05, 0) is 31.6 Å². The Morgan fingerprint density at radius 1 is 1.20 bits per heavy atom. The molecule has 1 rings (SSSR count). The Bertz CT molecular complexity index is 159. The molecule has 15 heavy (non-hydrogen) atoms. The molecule has 2 heteroatoms. The summed E-state index contributed by atoms with van der Waals surface area (Å²) >= 11 is 3.76. The summed E-state index contributed by atoms with van der Waals surface area (Å²) in [4.78, 5) is 0.596. The second kappa shape index (κ2) is 7.67. The van der Waals surface area contributed by atoms with Crippen LogP contribution in [0.15, 0.2) is 0 Å². The zero-order chi connectivity index (χ0) is 11.1. The van der Waals surface area contributed by atoms with E-state index in [-0.39, 0.29) is 0 Å². The predicted octanol–water partition coefficient (Wildman–Crippen LogP) is 4.54. The van der Waals surface area contributed by atoms with Gasteiger partial charge in [0.1, 0.15) is 0 Å². The number of alkyl halides is 1. The molecule has 0 heterocycles. The Morgan fingerprint density at radius 3 is 2.67 bits per heavy atom. The normalized spacial score (nSPS) is 28.0. The SMILES string of the molecule is CC(C)CCCOC1CCCCCC1Br. The molecule has 2 atom stereocenters. The largest absolute Gasteiger partial charge is 0.377 e. The summed E-state index contributed by atoms with van der Waals surface area (Å²) in [5.41, 5.74) is 0. The first kappa shape index (κ1) is 13.5. The molecule has 0 saturated heterocycles. The third-order valence-electron chi connectivity index (χ3n) is 3.13. The van der Waals surface area contributed by atoms with Gasteiger partial charge in [0.15, 0.2) is 0 Å². The Hall–Kier alpha value is 0.440. The lowest BCUT2D eigenvalue weighted by atomic mass is 10.1. The topological polar surface area (TPSA) is 9.23 Å². The highest BCUT2D eigenvalue weighted by Crippen LogP contribution is 2.26. The van der Waals surface area contributed by atoms with E-state index >= 15 is 0 Å². The molecule has 0 aliphatic heterocycles. The maximum absolute atomic E-state index is 5.98. The van der Waals surface area contributed by atoms with Crippen molar-refractivity contribution in [2.24, 2.45) is 5.92 Å². The summed E-state index contributed by atoms with van der Waals surface area (Å²) < 4.78 is 5.98. The fourth-order valence-corrected chi connectivity index (χ4v) is 2.88. The number of halogens is 1. The summed E-state index contributed by atoms with van der Waals surface area (Å²) in [6, 6.07) is 0. The molecule has 1 nitrogen and oxygen atoms in total. The van der Waals surface area contributed by atoms with E-state index < -0.39 is 0 Å². The van der Waals surface area contributed by atoms with E-state index in [0.29, 0.717) is 10.9 Å². The highest BCUT2D eigenvalue weighted by atomic mass is 79.9. The number of hydrogen-bond acceptors (Lipinski definition) is 1. The molecule has 0 aromatic carbocycles. The molecule has 1 aliphatic carbocycles. The van der Waals surface area contributed by atoms with Crippen LogP contribution in [0, 0.1) is 5.92 Å². The fourth-order valence-electron chi connectivity index (χ4n) is 2.14. The van der Waals surface area contributed by atoms with Crippen LogP contribution in [-0.2, 0) is 4.74 Å². The van der Waals surface area contributed by atoms with Gasteiger partial charge in [-0.15, -0.1) is 0 Å². The van der Waals surface area contributed by atoms with Crippen molar-refractivity contribution >= 4 is 15.9 Å². The third kappa shape index (κ3) is 5.91. The Labute approximate surface area is 103 Å². The van der Waals surface area contributed by atoms with Crippen molar-refractivity contribution in [2.75, 3.05) is 6.61 Å². The Balaban J connectivity index is 2.12. The van der Waals surface area contributed by atoms with Gasteiger partial charge in [-0.1, -0.05) is 49.0 Å². The monoisotopic (exact) mass is 276 g/mol. The van der Waals surface area contributed by atoms with Crippen molar-refractivity contribution in [3.05, 3.63) is 0 Å². The van der Waals surface area contributed by atoms with Crippen molar-refractivity contribution in [2.45, 2.75) is 69.7 Å². The van der Waals surface area contributed by atoms with Crippen molar-refractivity contribution in [1.29, 1.82) is 0 Å². The second-order valence-corrected chi connectivity index (χ2v) is 6.28.